The summed E-state index contributed by atoms with van der Waals surface area (Å²) in [6, 6.07) is 11.0. The Bertz CT molecular complexity index is 1300. The molecule has 1 aromatic carbocycles. The predicted molar refractivity (Wildman–Crippen MR) is 124 cm³/mol. The van der Waals surface area contributed by atoms with E-state index in [4.69, 9.17) is 9.47 Å². The maximum absolute atomic E-state index is 13.5. The van der Waals surface area contributed by atoms with Gasteiger partial charge in [-0.15, -0.1) is 0 Å². The number of morpholine rings is 1. The van der Waals surface area contributed by atoms with Gasteiger partial charge in [0.1, 0.15) is 6.61 Å². The van der Waals surface area contributed by atoms with Gasteiger partial charge in [-0.1, -0.05) is 30.3 Å². The number of hydrogen-bond donors (Lipinski definition) is 1. The van der Waals surface area contributed by atoms with Crippen molar-refractivity contribution in [2.75, 3.05) is 42.6 Å². The van der Waals surface area contributed by atoms with Gasteiger partial charge in [0.2, 0.25) is 11.7 Å². The van der Waals surface area contributed by atoms with E-state index < -0.39 is 17.2 Å². The molecule has 176 valence electrons. The maximum Gasteiger partial charge on any atom is 0.358 e. The van der Waals surface area contributed by atoms with Crippen LogP contribution in [0, 0.1) is 0 Å². The number of benzene rings is 1. The summed E-state index contributed by atoms with van der Waals surface area (Å²) in [5.41, 5.74) is 0.928. The smallest absolute Gasteiger partial charge is 0.358 e. The number of rotatable bonds is 6. The normalized spacial score (nSPS) is 16.3. The predicted octanol–water partition coefficient (Wildman–Crippen LogP) is 1.94. The lowest BCUT2D eigenvalue weighted by Crippen LogP contribution is -2.37. The molecule has 2 fully saturated rings. The third-order valence-corrected chi connectivity index (χ3v) is 6.02. The van der Waals surface area contributed by atoms with E-state index in [9.17, 15) is 19.5 Å². The fraction of sp³-hybridized carbons (Fsp3) is 0.333. The highest BCUT2D eigenvalue weighted by Crippen LogP contribution is 2.31. The van der Waals surface area contributed by atoms with Crippen LogP contribution in [0.25, 0.3) is 5.65 Å². The Labute approximate surface area is 195 Å². The maximum atomic E-state index is 13.5. The van der Waals surface area contributed by atoms with Gasteiger partial charge in [-0.3, -0.25) is 14.0 Å². The molecule has 5 rings (SSSR count). The van der Waals surface area contributed by atoms with Gasteiger partial charge < -0.3 is 24.4 Å². The summed E-state index contributed by atoms with van der Waals surface area (Å²) in [5.74, 6) is -1.80. The average Bonchev–Trinajstić information content (AvgIpc) is 3.29. The minimum absolute atomic E-state index is 0.0186. The van der Waals surface area contributed by atoms with Crippen LogP contribution in [0.15, 0.2) is 47.4 Å². The molecule has 0 aliphatic carbocycles. The number of anilines is 2. The zero-order valence-corrected chi connectivity index (χ0v) is 18.5. The summed E-state index contributed by atoms with van der Waals surface area (Å²) in [5, 5.41) is 9.82. The van der Waals surface area contributed by atoms with E-state index in [1.165, 1.54) is 4.40 Å². The number of carboxylic acids is 1. The Hall–Kier alpha value is -3.92. The number of aromatic carboxylic acids is 1. The molecule has 2 saturated heterocycles. The summed E-state index contributed by atoms with van der Waals surface area (Å²) in [6.45, 7) is 2.85. The van der Waals surface area contributed by atoms with Crippen LogP contribution < -0.4 is 20.1 Å². The number of carboxylic acid groups (broad SMARTS) is 1. The molecule has 34 heavy (non-hydrogen) atoms. The average molecular weight is 464 g/mol. The van der Waals surface area contributed by atoms with E-state index in [1.54, 1.807) is 17.2 Å². The lowest BCUT2D eigenvalue weighted by molar-refractivity contribution is -0.117. The molecule has 1 N–H and O–H groups in total. The Balaban J connectivity index is 1.68. The molecule has 2 aromatic heterocycles. The van der Waals surface area contributed by atoms with Gasteiger partial charge in [0, 0.05) is 32.3 Å². The third-order valence-electron chi connectivity index (χ3n) is 6.02. The minimum atomic E-state index is -1.38. The van der Waals surface area contributed by atoms with Crippen molar-refractivity contribution in [3.05, 3.63) is 64.2 Å². The third kappa shape index (κ3) is 4.08. The zero-order chi connectivity index (χ0) is 23.7. The Morgan fingerprint density at radius 2 is 1.88 bits per heavy atom. The standard InChI is InChI=1S/C24H24N4O6/c29-19-7-4-8-27(19)18-13-17(26-9-11-33-12-10-26)14-28-22(18)25-20(24(31)32)21(23(28)30)34-15-16-5-2-1-3-6-16/h1-3,5-6,13-14H,4,7-12,15H2,(H,31,32). The minimum Gasteiger partial charge on any atom is -0.481 e. The highest BCUT2D eigenvalue weighted by molar-refractivity contribution is 6.00. The second-order valence-corrected chi connectivity index (χ2v) is 8.20. The van der Waals surface area contributed by atoms with Crippen LogP contribution in [0.3, 0.4) is 0 Å². The molecule has 4 heterocycles. The van der Waals surface area contributed by atoms with Gasteiger partial charge in [0.25, 0.3) is 0 Å². The number of ether oxygens (including phenoxy) is 2. The fourth-order valence-corrected chi connectivity index (χ4v) is 4.29. The monoisotopic (exact) mass is 464 g/mol. The van der Waals surface area contributed by atoms with Gasteiger partial charge >= 0.3 is 11.5 Å². The molecule has 3 aromatic rings. The number of hydrogen-bond acceptors (Lipinski definition) is 7. The van der Waals surface area contributed by atoms with Crippen molar-refractivity contribution in [1.29, 1.82) is 0 Å². The fourth-order valence-electron chi connectivity index (χ4n) is 4.29. The molecule has 0 atom stereocenters. The molecule has 0 saturated carbocycles. The van der Waals surface area contributed by atoms with Crippen molar-refractivity contribution in [2.45, 2.75) is 19.4 Å². The van der Waals surface area contributed by atoms with E-state index in [1.807, 2.05) is 30.3 Å². The number of aromatic nitrogens is 2. The summed E-state index contributed by atoms with van der Waals surface area (Å²) >= 11 is 0. The Morgan fingerprint density at radius 3 is 2.56 bits per heavy atom. The molecule has 10 heteroatoms. The Kier molecular flexibility index (Phi) is 5.89. The molecule has 0 radical (unpaired) electrons. The highest BCUT2D eigenvalue weighted by Gasteiger charge is 2.29. The second kappa shape index (κ2) is 9.14. The largest absolute Gasteiger partial charge is 0.481 e. The van der Waals surface area contributed by atoms with Crippen molar-refractivity contribution < 1.29 is 24.2 Å². The van der Waals surface area contributed by atoms with Crippen LogP contribution >= 0.6 is 0 Å². The van der Waals surface area contributed by atoms with E-state index in [-0.39, 0.29) is 23.9 Å². The van der Waals surface area contributed by atoms with Crippen LogP contribution in [-0.4, -0.2) is 59.2 Å². The van der Waals surface area contributed by atoms with Crippen molar-refractivity contribution in [2.24, 2.45) is 0 Å². The highest BCUT2D eigenvalue weighted by atomic mass is 16.5. The van der Waals surface area contributed by atoms with Crippen LogP contribution in [0.2, 0.25) is 0 Å². The number of carbonyl (C=O) groups is 2. The number of amides is 1. The van der Waals surface area contributed by atoms with Gasteiger partial charge in [0.05, 0.1) is 24.6 Å². The van der Waals surface area contributed by atoms with Gasteiger partial charge in [0.15, 0.2) is 11.3 Å². The molecule has 10 nitrogen and oxygen atoms in total. The van der Waals surface area contributed by atoms with Crippen molar-refractivity contribution in [1.82, 2.24) is 9.38 Å². The number of pyridine rings is 1. The molecule has 0 bridgehead atoms. The SMILES string of the molecule is O=C(O)c1nc2c(N3CCCC3=O)cc(N3CCOCC3)cn2c(=O)c1OCc1ccccc1. The molecule has 1 amide bonds. The quantitative estimate of drug-likeness (QED) is 0.589. The lowest BCUT2D eigenvalue weighted by Gasteiger charge is -2.30. The molecule has 0 spiro atoms. The summed E-state index contributed by atoms with van der Waals surface area (Å²) in [6.07, 6.45) is 2.70. The van der Waals surface area contributed by atoms with Crippen molar-refractivity contribution >= 4 is 28.9 Å². The Morgan fingerprint density at radius 1 is 1.12 bits per heavy atom. The van der Waals surface area contributed by atoms with Gasteiger partial charge in [-0.2, -0.15) is 0 Å². The summed E-state index contributed by atoms with van der Waals surface area (Å²) in [7, 11) is 0. The van der Waals surface area contributed by atoms with Crippen LogP contribution in [-0.2, 0) is 16.1 Å². The first-order chi connectivity index (χ1) is 16.5. The van der Waals surface area contributed by atoms with Gasteiger partial charge in [-0.05, 0) is 18.1 Å². The van der Waals surface area contributed by atoms with Crippen LogP contribution in [0.5, 0.6) is 5.75 Å². The molecular weight excluding hydrogens is 440 g/mol. The van der Waals surface area contributed by atoms with Crippen molar-refractivity contribution in [3.63, 3.8) is 0 Å². The first kappa shape index (κ1) is 21.9. The summed E-state index contributed by atoms with van der Waals surface area (Å²) in [4.78, 5) is 46.1. The molecular formula is C24H24N4O6. The van der Waals surface area contributed by atoms with Crippen molar-refractivity contribution in [3.8, 4) is 5.75 Å². The number of nitrogens with zero attached hydrogens (tertiary/aromatic N) is 4. The molecule has 2 aliphatic heterocycles. The van der Waals surface area contributed by atoms with E-state index >= 15 is 0 Å². The number of fused-ring (bicyclic) bond motifs is 1. The van der Waals surface area contributed by atoms with E-state index in [0.29, 0.717) is 51.4 Å². The number of carbonyl (C=O) groups excluding carboxylic acids is 1. The first-order valence-corrected chi connectivity index (χ1v) is 11.2. The van der Waals surface area contributed by atoms with E-state index in [0.717, 1.165) is 11.3 Å². The second-order valence-electron chi connectivity index (χ2n) is 8.20. The summed E-state index contributed by atoms with van der Waals surface area (Å²) < 4.78 is 12.4. The molecule has 2 aliphatic rings. The zero-order valence-electron chi connectivity index (χ0n) is 18.5. The van der Waals surface area contributed by atoms with Gasteiger partial charge in [-0.25, -0.2) is 9.78 Å². The van der Waals surface area contributed by atoms with Crippen LogP contribution in [0.1, 0.15) is 28.9 Å². The topological polar surface area (TPSA) is 114 Å². The van der Waals surface area contributed by atoms with Crippen LogP contribution in [0.4, 0.5) is 11.4 Å². The lowest BCUT2D eigenvalue weighted by atomic mass is 10.2. The molecule has 0 unspecified atom stereocenters. The van der Waals surface area contributed by atoms with E-state index in [2.05, 4.69) is 9.88 Å². The first-order valence-electron chi connectivity index (χ1n) is 11.2.